The Morgan fingerprint density at radius 1 is 1.36 bits per heavy atom. The lowest BCUT2D eigenvalue weighted by Gasteiger charge is -2.17. The smallest absolute Gasteiger partial charge is 0.0102 e. The molecule has 11 heavy (non-hydrogen) atoms. The van der Waals surface area contributed by atoms with Gasteiger partial charge in [-0.15, -0.1) is 0 Å². The molecule has 1 aliphatic rings. The van der Waals surface area contributed by atoms with Crippen molar-refractivity contribution < 1.29 is 0 Å². The summed E-state index contributed by atoms with van der Waals surface area (Å²) in [6.45, 7) is 9.13. The molecule has 3 atom stereocenters. The molecule has 0 aromatic carbocycles. The third-order valence-electron chi connectivity index (χ3n) is 2.92. The SMILES string of the molecule is CCC1CC1NC(C)C(C)C. The Morgan fingerprint density at radius 3 is 2.36 bits per heavy atom. The van der Waals surface area contributed by atoms with Crippen molar-refractivity contribution in [2.45, 2.75) is 52.6 Å². The van der Waals surface area contributed by atoms with Crippen molar-refractivity contribution in [2.75, 3.05) is 0 Å². The van der Waals surface area contributed by atoms with E-state index in [4.69, 9.17) is 0 Å². The second-order valence-electron chi connectivity index (χ2n) is 4.21. The lowest BCUT2D eigenvalue weighted by atomic mass is 10.1. The normalized spacial score (nSPS) is 32.5. The van der Waals surface area contributed by atoms with Crippen LogP contribution in [0.15, 0.2) is 0 Å². The summed E-state index contributed by atoms with van der Waals surface area (Å²) in [4.78, 5) is 0. The summed E-state index contributed by atoms with van der Waals surface area (Å²) in [7, 11) is 0. The molecule has 1 heteroatoms. The predicted octanol–water partition coefficient (Wildman–Crippen LogP) is 2.42. The van der Waals surface area contributed by atoms with Gasteiger partial charge in [0, 0.05) is 12.1 Å². The van der Waals surface area contributed by atoms with Gasteiger partial charge in [0.05, 0.1) is 0 Å². The van der Waals surface area contributed by atoms with Crippen LogP contribution in [0.25, 0.3) is 0 Å². The number of nitrogens with one attached hydrogen (secondary N) is 1. The molecule has 0 saturated heterocycles. The molecule has 1 aliphatic carbocycles. The molecule has 1 fully saturated rings. The Hall–Kier alpha value is -0.0400. The fraction of sp³-hybridized carbons (Fsp3) is 1.00. The van der Waals surface area contributed by atoms with Crippen LogP contribution < -0.4 is 5.32 Å². The average molecular weight is 155 g/mol. The van der Waals surface area contributed by atoms with E-state index in [0.717, 1.165) is 17.9 Å². The maximum atomic E-state index is 3.65. The molecule has 1 nitrogen and oxygen atoms in total. The van der Waals surface area contributed by atoms with E-state index in [1.165, 1.54) is 12.8 Å². The van der Waals surface area contributed by atoms with E-state index in [0.29, 0.717) is 6.04 Å². The van der Waals surface area contributed by atoms with Crippen molar-refractivity contribution in [1.29, 1.82) is 0 Å². The first-order chi connectivity index (χ1) is 5.15. The van der Waals surface area contributed by atoms with Crippen LogP contribution in [0.1, 0.15) is 40.5 Å². The largest absolute Gasteiger partial charge is 0.311 e. The summed E-state index contributed by atoms with van der Waals surface area (Å²) < 4.78 is 0. The van der Waals surface area contributed by atoms with Crippen LogP contribution in [-0.4, -0.2) is 12.1 Å². The van der Waals surface area contributed by atoms with Gasteiger partial charge in [0.25, 0.3) is 0 Å². The first kappa shape index (κ1) is 9.05. The van der Waals surface area contributed by atoms with Crippen LogP contribution in [0.5, 0.6) is 0 Å². The van der Waals surface area contributed by atoms with Gasteiger partial charge in [-0.05, 0) is 25.2 Å². The van der Waals surface area contributed by atoms with Crippen molar-refractivity contribution in [3.8, 4) is 0 Å². The average Bonchev–Trinajstić information content (AvgIpc) is 2.67. The van der Waals surface area contributed by atoms with Crippen LogP contribution in [0.4, 0.5) is 0 Å². The maximum absolute atomic E-state index is 3.65. The van der Waals surface area contributed by atoms with Crippen LogP contribution in [0, 0.1) is 11.8 Å². The molecule has 3 unspecified atom stereocenters. The fourth-order valence-corrected chi connectivity index (χ4v) is 1.43. The summed E-state index contributed by atoms with van der Waals surface area (Å²) in [5.41, 5.74) is 0. The van der Waals surface area contributed by atoms with Crippen molar-refractivity contribution in [2.24, 2.45) is 11.8 Å². The Balaban J connectivity index is 2.13. The molecule has 1 saturated carbocycles. The molecule has 0 amide bonds. The van der Waals surface area contributed by atoms with Crippen molar-refractivity contribution in [1.82, 2.24) is 5.32 Å². The molecular formula is C10H21N. The summed E-state index contributed by atoms with van der Waals surface area (Å²) in [5.74, 6) is 1.75. The molecule has 0 spiro atoms. The minimum Gasteiger partial charge on any atom is -0.311 e. The zero-order valence-corrected chi connectivity index (χ0v) is 8.22. The minimum absolute atomic E-state index is 0.691. The number of hydrogen-bond donors (Lipinski definition) is 1. The number of hydrogen-bond acceptors (Lipinski definition) is 1. The molecule has 1 rings (SSSR count). The molecule has 0 radical (unpaired) electrons. The number of rotatable bonds is 4. The van der Waals surface area contributed by atoms with E-state index in [9.17, 15) is 0 Å². The molecule has 1 N–H and O–H groups in total. The Labute approximate surface area is 70.6 Å². The van der Waals surface area contributed by atoms with Gasteiger partial charge in [-0.2, -0.15) is 0 Å². The van der Waals surface area contributed by atoms with Crippen LogP contribution >= 0.6 is 0 Å². The topological polar surface area (TPSA) is 12.0 Å². The highest BCUT2D eigenvalue weighted by Crippen LogP contribution is 2.33. The third kappa shape index (κ3) is 2.48. The van der Waals surface area contributed by atoms with Crippen LogP contribution in [-0.2, 0) is 0 Å². The standard InChI is InChI=1S/C10H21N/c1-5-9-6-10(9)11-8(4)7(2)3/h7-11H,5-6H2,1-4H3. The Kier molecular flexibility index (Phi) is 2.94. The van der Waals surface area contributed by atoms with E-state index in [1.807, 2.05) is 0 Å². The van der Waals surface area contributed by atoms with Gasteiger partial charge >= 0.3 is 0 Å². The van der Waals surface area contributed by atoms with Gasteiger partial charge in [-0.25, -0.2) is 0 Å². The van der Waals surface area contributed by atoms with Crippen LogP contribution in [0.2, 0.25) is 0 Å². The zero-order valence-electron chi connectivity index (χ0n) is 8.22. The molecule has 0 aliphatic heterocycles. The predicted molar refractivity (Wildman–Crippen MR) is 49.6 cm³/mol. The summed E-state index contributed by atoms with van der Waals surface area (Å²) in [5, 5.41) is 3.65. The first-order valence-corrected chi connectivity index (χ1v) is 4.91. The molecule has 0 aromatic heterocycles. The highest BCUT2D eigenvalue weighted by atomic mass is 15.0. The zero-order chi connectivity index (χ0) is 8.43. The van der Waals surface area contributed by atoms with E-state index >= 15 is 0 Å². The van der Waals surface area contributed by atoms with E-state index in [2.05, 4.69) is 33.0 Å². The van der Waals surface area contributed by atoms with Gasteiger partial charge < -0.3 is 5.32 Å². The molecule has 0 aromatic rings. The van der Waals surface area contributed by atoms with Crippen molar-refractivity contribution in [3.05, 3.63) is 0 Å². The monoisotopic (exact) mass is 155 g/mol. The lowest BCUT2D eigenvalue weighted by Crippen LogP contribution is -2.33. The van der Waals surface area contributed by atoms with Gasteiger partial charge in [-0.3, -0.25) is 0 Å². The maximum Gasteiger partial charge on any atom is 0.0102 e. The lowest BCUT2D eigenvalue weighted by molar-refractivity contribution is 0.414. The first-order valence-electron chi connectivity index (χ1n) is 4.91. The minimum atomic E-state index is 0.691. The molecule has 66 valence electrons. The van der Waals surface area contributed by atoms with Crippen molar-refractivity contribution in [3.63, 3.8) is 0 Å². The van der Waals surface area contributed by atoms with Gasteiger partial charge in [-0.1, -0.05) is 27.2 Å². The van der Waals surface area contributed by atoms with Crippen molar-refractivity contribution >= 4 is 0 Å². The fourth-order valence-electron chi connectivity index (χ4n) is 1.43. The van der Waals surface area contributed by atoms with Gasteiger partial charge in [0.1, 0.15) is 0 Å². The molecular weight excluding hydrogens is 134 g/mol. The Bertz CT molecular complexity index is 120. The van der Waals surface area contributed by atoms with E-state index in [1.54, 1.807) is 0 Å². The quantitative estimate of drug-likeness (QED) is 0.657. The van der Waals surface area contributed by atoms with Gasteiger partial charge in [0.2, 0.25) is 0 Å². The van der Waals surface area contributed by atoms with Gasteiger partial charge in [0.15, 0.2) is 0 Å². The summed E-state index contributed by atoms with van der Waals surface area (Å²) >= 11 is 0. The summed E-state index contributed by atoms with van der Waals surface area (Å²) in [6, 6.07) is 1.54. The third-order valence-corrected chi connectivity index (χ3v) is 2.92. The summed E-state index contributed by atoms with van der Waals surface area (Å²) in [6.07, 6.45) is 2.76. The molecule has 0 bridgehead atoms. The molecule has 0 heterocycles. The highest BCUT2D eigenvalue weighted by Gasteiger charge is 2.35. The van der Waals surface area contributed by atoms with E-state index in [-0.39, 0.29) is 0 Å². The second-order valence-corrected chi connectivity index (χ2v) is 4.21. The van der Waals surface area contributed by atoms with Crippen LogP contribution in [0.3, 0.4) is 0 Å². The van der Waals surface area contributed by atoms with E-state index < -0.39 is 0 Å². The Morgan fingerprint density at radius 2 is 2.00 bits per heavy atom. The second kappa shape index (κ2) is 3.57. The highest BCUT2D eigenvalue weighted by molar-refractivity contribution is 4.93.